The van der Waals surface area contributed by atoms with Crippen LogP contribution in [0.5, 0.6) is 0 Å². The second-order valence-corrected chi connectivity index (χ2v) is 4.81. The normalized spacial score (nSPS) is 17.6. The molecule has 2 N–H and O–H groups in total. The highest BCUT2D eigenvalue weighted by atomic mass is 16.3. The van der Waals surface area contributed by atoms with Gasteiger partial charge in [0.05, 0.1) is 5.69 Å². The molecule has 0 aromatic carbocycles. The summed E-state index contributed by atoms with van der Waals surface area (Å²) in [5.41, 5.74) is 1.42. The molecule has 0 spiro atoms. The SMILES string of the molecule is CCCn1nccc1CNCC1(CO)CC1. The van der Waals surface area contributed by atoms with E-state index >= 15 is 0 Å². The summed E-state index contributed by atoms with van der Waals surface area (Å²) in [7, 11) is 0. The number of nitrogens with one attached hydrogen (secondary N) is 1. The van der Waals surface area contributed by atoms with Gasteiger partial charge in [-0.05, 0) is 25.3 Å². The average molecular weight is 223 g/mol. The highest BCUT2D eigenvalue weighted by Gasteiger charge is 2.41. The van der Waals surface area contributed by atoms with Crippen molar-refractivity contribution in [3.63, 3.8) is 0 Å². The minimum Gasteiger partial charge on any atom is -0.396 e. The summed E-state index contributed by atoms with van der Waals surface area (Å²) in [4.78, 5) is 0. The summed E-state index contributed by atoms with van der Waals surface area (Å²) in [6, 6.07) is 2.06. The van der Waals surface area contributed by atoms with Gasteiger partial charge in [-0.15, -0.1) is 0 Å². The molecule has 0 atom stereocenters. The molecule has 1 saturated carbocycles. The maximum atomic E-state index is 9.19. The summed E-state index contributed by atoms with van der Waals surface area (Å²) in [5.74, 6) is 0. The van der Waals surface area contributed by atoms with Crippen LogP contribution in [0.2, 0.25) is 0 Å². The molecule has 0 aliphatic heterocycles. The average Bonchev–Trinajstić information content (AvgIpc) is 2.95. The molecular weight excluding hydrogens is 202 g/mol. The lowest BCUT2D eigenvalue weighted by atomic mass is 10.1. The van der Waals surface area contributed by atoms with Gasteiger partial charge in [0.15, 0.2) is 0 Å². The van der Waals surface area contributed by atoms with Crippen molar-refractivity contribution in [2.24, 2.45) is 5.41 Å². The van der Waals surface area contributed by atoms with Gasteiger partial charge in [-0.2, -0.15) is 5.10 Å². The zero-order valence-corrected chi connectivity index (χ0v) is 9.95. The molecule has 0 radical (unpaired) electrons. The van der Waals surface area contributed by atoms with E-state index in [1.165, 1.54) is 5.69 Å². The van der Waals surface area contributed by atoms with Crippen molar-refractivity contribution in [1.82, 2.24) is 15.1 Å². The number of nitrogens with zero attached hydrogens (tertiary/aromatic N) is 2. The summed E-state index contributed by atoms with van der Waals surface area (Å²) < 4.78 is 2.05. The molecule has 1 aliphatic rings. The van der Waals surface area contributed by atoms with Gasteiger partial charge in [0, 0.05) is 37.9 Å². The third-order valence-electron chi connectivity index (χ3n) is 3.34. The zero-order valence-electron chi connectivity index (χ0n) is 9.95. The number of hydrogen-bond acceptors (Lipinski definition) is 3. The summed E-state index contributed by atoms with van der Waals surface area (Å²) in [6.07, 6.45) is 5.27. The second-order valence-electron chi connectivity index (χ2n) is 4.81. The van der Waals surface area contributed by atoms with E-state index in [2.05, 4.69) is 23.4 Å². The van der Waals surface area contributed by atoms with Crippen LogP contribution in [0.1, 0.15) is 31.9 Å². The van der Waals surface area contributed by atoms with E-state index < -0.39 is 0 Å². The molecule has 2 rings (SSSR count). The number of aromatic nitrogens is 2. The smallest absolute Gasteiger partial charge is 0.0522 e. The minimum absolute atomic E-state index is 0.190. The fourth-order valence-electron chi connectivity index (χ4n) is 1.95. The van der Waals surface area contributed by atoms with Crippen LogP contribution in [0.3, 0.4) is 0 Å². The van der Waals surface area contributed by atoms with Crippen molar-refractivity contribution >= 4 is 0 Å². The Morgan fingerprint density at radius 3 is 3.00 bits per heavy atom. The minimum atomic E-state index is 0.190. The van der Waals surface area contributed by atoms with Gasteiger partial charge in [-0.1, -0.05) is 6.92 Å². The predicted octanol–water partition coefficient (Wildman–Crippen LogP) is 1.16. The van der Waals surface area contributed by atoms with Gasteiger partial charge in [0.1, 0.15) is 0 Å². The third-order valence-corrected chi connectivity index (χ3v) is 3.34. The second kappa shape index (κ2) is 4.97. The largest absolute Gasteiger partial charge is 0.396 e. The third kappa shape index (κ3) is 2.62. The topological polar surface area (TPSA) is 50.1 Å². The van der Waals surface area contributed by atoms with E-state index in [1.807, 2.05) is 10.9 Å². The zero-order chi connectivity index (χ0) is 11.4. The van der Waals surface area contributed by atoms with Gasteiger partial charge >= 0.3 is 0 Å². The number of aliphatic hydroxyl groups is 1. The number of aliphatic hydroxyl groups excluding tert-OH is 1. The van der Waals surface area contributed by atoms with Crippen molar-refractivity contribution in [3.05, 3.63) is 18.0 Å². The molecule has 1 aliphatic carbocycles. The van der Waals surface area contributed by atoms with E-state index in [0.29, 0.717) is 6.61 Å². The molecule has 1 fully saturated rings. The first-order valence-corrected chi connectivity index (χ1v) is 6.12. The molecular formula is C12H21N3O. The van der Waals surface area contributed by atoms with Crippen molar-refractivity contribution in [2.45, 2.75) is 39.3 Å². The fraction of sp³-hybridized carbons (Fsp3) is 0.750. The molecule has 1 aromatic rings. The summed E-state index contributed by atoms with van der Waals surface area (Å²) >= 11 is 0. The first-order chi connectivity index (χ1) is 7.79. The highest BCUT2D eigenvalue weighted by Crippen LogP contribution is 2.44. The maximum Gasteiger partial charge on any atom is 0.0522 e. The van der Waals surface area contributed by atoms with Gasteiger partial charge in [-0.3, -0.25) is 4.68 Å². The molecule has 4 heteroatoms. The van der Waals surface area contributed by atoms with Crippen molar-refractivity contribution in [2.75, 3.05) is 13.2 Å². The molecule has 1 aromatic heterocycles. The summed E-state index contributed by atoms with van der Waals surface area (Å²) in [5, 5.41) is 16.9. The first-order valence-electron chi connectivity index (χ1n) is 6.12. The molecule has 0 amide bonds. The monoisotopic (exact) mass is 223 g/mol. The van der Waals surface area contributed by atoms with Crippen molar-refractivity contribution in [1.29, 1.82) is 0 Å². The molecule has 4 nitrogen and oxygen atoms in total. The van der Waals surface area contributed by atoms with Crippen LogP contribution in [0.25, 0.3) is 0 Å². The van der Waals surface area contributed by atoms with Gasteiger partial charge in [0.2, 0.25) is 0 Å². The highest BCUT2D eigenvalue weighted by molar-refractivity contribution is 5.01. The Bertz CT molecular complexity index is 331. The van der Waals surface area contributed by atoms with Crippen LogP contribution in [-0.2, 0) is 13.1 Å². The molecule has 0 unspecified atom stereocenters. The Morgan fingerprint density at radius 2 is 2.38 bits per heavy atom. The van der Waals surface area contributed by atoms with Gasteiger partial charge < -0.3 is 10.4 Å². The maximum absolute atomic E-state index is 9.19. The van der Waals surface area contributed by atoms with Crippen molar-refractivity contribution < 1.29 is 5.11 Å². The van der Waals surface area contributed by atoms with Crippen LogP contribution in [0.15, 0.2) is 12.3 Å². The standard InChI is InChI=1S/C12H21N3O/c1-2-7-15-11(3-6-14-15)8-13-9-12(10-16)4-5-12/h3,6,13,16H,2,4-5,7-10H2,1H3. The Morgan fingerprint density at radius 1 is 1.56 bits per heavy atom. The van der Waals surface area contributed by atoms with Crippen LogP contribution < -0.4 is 5.32 Å². The number of rotatable bonds is 7. The first kappa shape index (κ1) is 11.6. The Hall–Kier alpha value is -0.870. The molecule has 0 saturated heterocycles. The van der Waals surface area contributed by atoms with E-state index in [1.54, 1.807) is 0 Å². The van der Waals surface area contributed by atoms with Crippen LogP contribution in [0.4, 0.5) is 0 Å². The number of aryl methyl sites for hydroxylation is 1. The predicted molar refractivity (Wildman–Crippen MR) is 63.0 cm³/mol. The van der Waals surface area contributed by atoms with Crippen LogP contribution in [0, 0.1) is 5.41 Å². The Balaban J connectivity index is 1.78. The van der Waals surface area contributed by atoms with Crippen LogP contribution >= 0.6 is 0 Å². The van der Waals surface area contributed by atoms with E-state index in [9.17, 15) is 5.11 Å². The van der Waals surface area contributed by atoms with Gasteiger partial charge in [0.25, 0.3) is 0 Å². The fourth-order valence-corrected chi connectivity index (χ4v) is 1.95. The quantitative estimate of drug-likeness (QED) is 0.729. The molecule has 0 bridgehead atoms. The van der Waals surface area contributed by atoms with Crippen molar-refractivity contribution in [3.8, 4) is 0 Å². The lowest BCUT2D eigenvalue weighted by Crippen LogP contribution is -2.27. The lowest BCUT2D eigenvalue weighted by Gasteiger charge is -2.13. The van der Waals surface area contributed by atoms with Crippen LogP contribution in [-0.4, -0.2) is 28.0 Å². The molecule has 1 heterocycles. The Labute approximate surface area is 96.7 Å². The Kier molecular flexibility index (Phi) is 3.61. The molecule has 16 heavy (non-hydrogen) atoms. The van der Waals surface area contributed by atoms with E-state index in [-0.39, 0.29) is 5.41 Å². The molecule has 90 valence electrons. The van der Waals surface area contributed by atoms with E-state index in [4.69, 9.17) is 0 Å². The van der Waals surface area contributed by atoms with Gasteiger partial charge in [-0.25, -0.2) is 0 Å². The lowest BCUT2D eigenvalue weighted by molar-refractivity contribution is 0.207. The number of hydrogen-bond donors (Lipinski definition) is 2. The summed E-state index contributed by atoms with van der Waals surface area (Å²) in [6.45, 7) is 5.22. The van der Waals surface area contributed by atoms with E-state index in [0.717, 1.165) is 38.9 Å².